The van der Waals surface area contributed by atoms with Gasteiger partial charge in [-0.1, -0.05) is 50.8 Å². The minimum atomic E-state index is 0.391. The Morgan fingerprint density at radius 1 is 1.11 bits per heavy atom. The van der Waals surface area contributed by atoms with Crippen molar-refractivity contribution in [1.29, 1.82) is 0 Å². The summed E-state index contributed by atoms with van der Waals surface area (Å²) in [6.45, 7) is 12.2. The van der Waals surface area contributed by atoms with Gasteiger partial charge in [0.15, 0.2) is 0 Å². The molecule has 0 saturated carbocycles. The van der Waals surface area contributed by atoms with Crippen LogP contribution >= 0.6 is 11.6 Å². The van der Waals surface area contributed by atoms with E-state index in [2.05, 4.69) is 62.4 Å². The van der Waals surface area contributed by atoms with Crippen LogP contribution in [-0.4, -0.2) is 34.5 Å². The van der Waals surface area contributed by atoms with E-state index < -0.39 is 0 Å². The lowest BCUT2D eigenvalue weighted by Crippen LogP contribution is -2.33. The van der Waals surface area contributed by atoms with Crippen molar-refractivity contribution in [1.82, 2.24) is 14.9 Å². The fraction of sp³-hybridized carbons (Fsp3) is 0.455. The predicted molar refractivity (Wildman–Crippen MR) is 118 cm³/mol. The van der Waals surface area contributed by atoms with Crippen LogP contribution < -0.4 is 10.6 Å². The third kappa shape index (κ3) is 5.94. The molecule has 152 valence electrons. The largest absolute Gasteiger partial charge is 0.405 e. The number of rotatable bonds is 3. The van der Waals surface area contributed by atoms with Crippen LogP contribution in [0, 0.1) is 0 Å². The Kier molecular flexibility index (Phi) is 9.24. The predicted octanol–water partition coefficient (Wildman–Crippen LogP) is 4.40. The number of halogens is 1. The smallest absolute Gasteiger partial charge is 0.224 e. The highest BCUT2D eigenvalue weighted by molar-refractivity contribution is 6.28. The van der Waals surface area contributed by atoms with Gasteiger partial charge in [0.1, 0.15) is 5.82 Å². The highest BCUT2D eigenvalue weighted by Gasteiger charge is 2.26. The van der Waals surface area contributed by atoms with E-state index in [0.717, 1.165) is 50.7 Å². The Balaban J connectivity index is 0.000000514. The van der Waals surface area contributed by atoms with Gasteiger partial charge in [-0.3, -0.25) is 4.90 Å². The van der Waals surface area contributed by atoms with Gasteiger partial charge in [0, 0.05) is 44.7 Å². The SMILES string of the molecule is C=CN.CC.Clc1nc2c(c(N3CCCC3)n1)CN(Cc1ccccc1)CC2. The quantitative estimate of drug-likeness (QED) is 0.772. The van der Waals surface area contributed by atoms with Crippen LogP contribution in [0.1, 0.15) is 43.5 Å². The third-order valence-electron chi connectivity index (χ3n) is 4.74. The van der Waals surface area contributed by atoms with Crippen LogP contribution in [0.2, 0.25) is 5.28 Å². The van der Waals surface area contributed by atoms with E-state index in [-0.39, 0.29) is 0 Å². The lowest BCUT2D eigenvalue weighted by molar-refractivity contribution is 0.243. The van der Waals surface area contributed by atoms with Crippen LogP contribution in [-0.2, 0) is 19.5 Å². The lowest BCUT2D eigenvalue weighted by Gasteiger charge is -2.31. The van der Waals surface area contributed by atoms with Crippen molar-refractivity contribution in [2.24, 2.45) is 5.73 Å². The van der Waals surface area contributed by atoms with Crippen molar-refractivity contribution in [2.75, 3.05) is 24.5 Å². The average molecular weight is 402 g/mol. The molecule has 0 amide bonds. The summed E-state index contributed by atoms with van der Waals surface area (Å²) < 4.78 is 0. The number of hydrogen-bond donors (Lipinski definition) is 1. The van der Waals surface area contributed by atoms with Gasteiger partial charge >= 0.3 is 0 Å². The molecule has 1 aromatic carbocycles. The van der Waals surface area contributed by atoms with Gasteiger partial charge in [-0.2, -0.15) is 0 Å². The summed E-state index contributed by atoms with van der Waals surface area (Å²) >= 11 is 6.16. The van der Waals surface area contributed by atoms with Gasteiger partial charge in [0.05, 0.1) is 5.69 Å². The molecular weight excluding hydrogens is 370 g/mol. The van der Waals surface area contributed by atoms with Gasteiger partial charge in [-0.05, 0) is 36.2 Å². The maximum atomic E-state index is 6.16. The number of aromatic nitrogens is 2. The Hall–Kier alpha value is -2.11. The van der Waals surface area contributed by atoms with E-state index in [1.54, 1.807) is 0 Å². The van der Waals surface area contributed by atoms with E-state index in [1.807, 2.05) is 13.8 Å². The monoisotopic (exact) mass is 401 g/mol. The van der Waals surface area contributed by atoms with Crippen LogP contribution in [0.25, 0.3) is 0 Å². The van der Waals surface area contributed by atoms with Crippen LogP contribution in [0.3, 0.4) is 0 Å². The molecule has 0 aliphatic carbocycles. The zero-order valence-electron chi connectivity index (χ0n) is 17.1. The standard InChI is InChI=1S/C18H21ClN4.C2H5N.C2H6/c19-18-20-16-8-11-22(12-14-6-2-1-3-7-14)13-15(16)17(21-18)23-9-4-5-10-23;1-2-3;1-2/h1-3,6-7H,4-5,8-13H2;2H,1,3H2;1-2H3. The molecule has 3 heterocycles. The van der Waals surface area contributed by atoms with Crippen LogP contribution in [0.4, 0.5) is 5.82 Å². The molecule has 5 nitrogen and oxygen atoms in total. The summed E-state index contributed by atoms with van der Waals surface area (Å²) in [4.78, 5) is 13.9. The van der Waals surface area contributed by atoms with E-state index in [9.17, 15) is 0 Å². The van der Waals surface area contributed by atoms with Crippen molar-refractivity contribution in [3.63, 3.8) is 0 Å². The van der Waals surface area contributed by atoms with Crippen molar-refractivity contribution in [3.05, 3.63) is 65.2 Å². The minimum Gasteiger partial charge on any atom is -0.405 e. The second kappa shape index (κ2) is 11.7. The normalized spacial score (nSPS) is 15.6. The Labute approximate surface area is 174 Å². The molecule has 2 N–H and O–H groups in total. The maximum Gasteiger partial charge on any atom is 0.224 e. The number of fused-ring (bicyclic) bond motifs is 1. The van der Waals surface area contributed by atoms with Crippen LogP contribution in [0.5, 0.6) is 0 Å². The summed E-state index contributed by atoms with van der Waals surface area (Å²) in [5.41, 5.74) is 8.38. The zero-order valence-corrected chi connectivity index (χ0v) is 17.8. The molecule has 2 aliphatic heterocycles. The number of anilines is 1. The molecule has 2 aliphatic rings. The topological polar surface area (TPSA) is 58.3 Å². The first-order valence-corrected chi connectivity index (χ1v) is 10.5. The number of nitrogens with zero attached hydrogens (tertiary/aromatic N) is 4. The van der Waals surface area contributed by atoms with Crippen molar-refractivity contribution in [2.45, 2.75) is 46.2 Å². The molecule has 1 aromatic heterocycles. The number of hydrogen-bond acceptors (Lipinski definition) is 5. The molecule has 0 spiro atoms. The minimum absolute atomic E-state index is 0.391. The summed E-state index contributed by atoms with van der Waals surface area (Å²) in [5, 5.41) is 0.391. The summed E-state index contributed by atoms with van der Waals surface area (Å²) in [6, 6.07) is 10.7. The Morgan fingerprint density at radius 3 is 2.39 bits per heavy atom. The summed E-state index contributed by atoms with van der Waals surface area (Å²) in [6.07, 6.45) is 4.68. The average Bonchev–Trinajstić information content (AvgIpc) is 3.25. The van der Waals surface area contributed by atoms with E-state index in [4.69, 9.17) is 11.6 Å². The number of benzene rings is 1. The summed E-state index contributed by atoms with van der Waals surface area (Å²) in [7, 11) is 0. The van der Waals surface area contributed by atoms with Gasteiger partial charge < -0.3 is 10.6 Å². The first-order valence-electron chi connectivity index (χ1n) is 10.1. The van der Waals surface area contributed by atoms with Gasteiger partial charge in [0.2, 0.25) is 5.28 Å². The fourth-order valence-corrected chi connectivity index (χ4v) is 3.77. The number of nitrogens with two attached hydrogens (primary N) is 1. The maximum absolute atomic E-state index is 6.16. The van der Waals surface area contributed by atoms with Gasteiger partial charge in [0.25, 0.3) is 0 Å². The fourth-order valence-electron chi connectivity index (χ4n) is 3.59. The molecule has 6 heteroatoms. The van der Waals surface area contributed by atoms with E-state index >= 15 is 0 Å². The molecule has 4 rings (SSSR count). The molecule has 0 bridgehead atoms. The molecule has 0 atom stereocenters. The summed E-state index contributed by atoms with van der Waals surface area (Å²) in [5.74, 6) is 1.07. The van der Waals surface area contributed by atoms with E-state index in [1.165, 1.54) is 30.2 Å². The highest BCUT2D eigenvalue weighted by atomic mass is 35.5. The zero-order chi connectivity index (χ0) is 20.4. The molecule has 28 heavy (non-hydrogen) atoms. The van der Waals surface area contributed by atoms with Gasteiger partial charge in [-0.25, -0.2) is 9.97 Å². The first kappa shape index (κ1) is 22.2. The van der Waals surface area contributed by atoms with Crippen molar-refractivity contribution >= 4 is 17.4 Å². The first-order chi connectivity index (χ1) is 13.7. The second-order valence-corrected chi connectivity index (χ2v) is 6.96. The molecule has 0 unspecified atom stereocenters. The third-order valence-corrected chi connectivity index (χ3v) is 4.91. The Morgan fingerprint density at radius 2 is 1.75 bits per heavy atom. The molecule has 0 radical (unpaired) electrons. The van der Waals surface area contributed by atoms with Crippen LogP contribution in [0.15, 0.2) is 43.1 Å². The second-order valence-electron chi connectivity index (χ2n) is 6.62. The van der Waals surface area contributed by atoms with E-state index in [0.29, 0.717) is 5.28 Å². The lowest BCUT2D eigenvalue weighted by atomic mass is 10.0. The Bertz CT molecular complexity index is 729. The van der Waals surface area contributed by atoms with Crippen molar-refractivity contribution in [3.8, 4) is 0 Å². The molecular formula is C22H32ClN5. The molecule has 2 aromatic rings. The van der Waals surface area contributed by atoms with Crippen molar-refractivity contribution < 1.29 is 0 Å². The molecule has 1 saturated heterocycles. The molecule has 1 fully saturated rings. The highest BCUT2D eigenvalue weighted by Crippen LogP contribution is 2.30. The van der Waals surface area contributed by atoms with Gasteiger partial charge in [-0.15, -0.1) is 0 Å².